The summed E-state index contributed by atoms with van der Waals surface area (Å²) in [6, 6.07) is 0. The van der Waals surface area contributed by atoms with Gasteiger partial charge in [0.15, 0.2) is 0 Å². The Morgan fingerprint density at radius 3 is 2.44 bits per heavy atom. The van der Waals surface area contributed by atoms with E-state index in [1.807, 2.05) is 0 Å². The Hall–Kier alpha value is 0.110. The monoisotopic (exact) mass is 154 g/mol. The molecule has 5 heteroatoms. The molecule has 0 amide bonds. The van der Waals surface area contributed by atoms with E-state index in [-0.39, 0.29) is 12.8 Å². The Bertz CT molecular complexity index is 113. The summed E-state index contributed by atoms with van der Waals surface area (Å²) in [5.74, 6) is 0. The van der Waals surface area contributed by atoms with Crippen LogP contribution in [0.2, 0.25) is 0 Å². The van der Waals surface area contributed by atoms with Gasteiger partial charge < -0.3 is 14.2 Å². The smallest absolute Gasteiger partial charge is 0.330 e. The maximum Gasteiger partial charge on any atom is 0.330 e. The average molecular weight is 154 g/mol. The van der Waals surface area contributed by atoms with Crippen molar-refractivity contribution in [2.75, 3.05) is 27.0 Å². The highest BCUT2D eigenvalue weighted by molar-refractivity contribution is 7.52. The summed E-state index contributed by atoms with van der Waals surface area (Å²) in [5.41, 5.74) is 0. The van der Waals surface area contributed by atoms with Crippen molar-refractivity contribution in [3.05, 3.63) is 0 Å². The van der Waals surface area contributed by atoms with Crippen molar-refractivity contribution in [2.45, 2.75) is 0 Å². The zero-order chi connectivity index (χ0) is 7.33. The Kier molecular flexibility index (Phi) is 4.06. The van der Waals surface area contributed by atoms with E-state index in [0.717, 1.165) is 0 Å². The third kappa shape index (κ3) is 4.60. The van der Waals surface area contributed by atoms with E-state index < -0.39 is 7.60 Å². The van der Waals surface area contributed by atoms with E-state index in [4.69, 9.17) is 4.89 Å². The number of ether oxygens (including phenoxy) is 1. The SMILES string of the molecule is COCCP(=O)(O)OC. The van der Waals surface area contributed by atoms with Crippen LogP contribution in [0.5, 0.6) is 0 Å². The van der Waals surface area contributed by atoms with Crippen LogP contribution in [0.1, 0.15) is 0 Å². The summed E-state index contributed by atoms with van der Waals surface area (Å²) < 4.78 is 19.4. The third-order valence-electron chi connectivity index (χ3n) is 0.863. The second-order valence-corrected chi connectivity index (χ2v) is 3.62. The molecule has 0 aliphatic rings. The van der Waals surface area contributed by atoms with E-state index in [9.17, 15) is 4.57 Å². The molecule has 0 rings (SSSR count). The molecule has 0 aromatic carbocycles. The van der Waals surface area contributed by atoms with Crippen molar-refractivity contribution in [3.8, 4) is 0 Å². The van der Waals surface area contributed by atoms with Gasteiger partial charge in [-0.1, -0.05) is 0 Å². The maximum absolute atomic E-state index is 10.6. The lowest BCUT2D eigenvalue weighted by Crippen LogP contribution is -1.98. The van der Waals surface area contributed by atoms with Crippen LogP contribution in [0.15, 0.2) is 0 Å². The Morgan fingerprint density at radius 2 is 2.11 bits per heavy atom. The lowest BCUT2D eigenvalue weighted by Gasteiger charge is -2.06. The molecule has 0 fully saturated rings. The molecule has 0 aliphatic heterocycles. The molecule has 56 valence electrons. The highest BCUT2D eigenvalue weighted by Crippen LogP contribution is 2.39. The molecule has 0 aromatic rings. The fraction of sp³-hybridized carbons (Fsp3) is 1.00. The molecular formula is C4H11O4P. The molecule has 0 bridgehead atoms. The van der Waals surface area contributed by atoms with Crippen molar-refractivity contribution < 1.29 is 18.7 Å². The van der Waals surface area contributed by atoms with E-state index in [0.29, 0.717) is 0 Å². The van der Waals surface area contributed by atoms with Gasteiger partial charge in [0.2, 0.25) is 0 Å². The van der Waals surface area contributed by atoms with Gasteiger partial charge in [0.1, 0.15) is 0 Å². The first-order valence-electron chi connectivity index (χ1n) is 2.49. The molecule has 0 aliphatic carbocycles. The standard InChI is InChI=1S/C4H11O4P/c1-7-3-4-9(5,6)8-2/h3-4H2,1-2H3,(H,5,6). The summed E-state index contributed by atoms with van der Waals surface area (Å²) in [6.45, 7) is 0.252. The fourth-order valence-electron chi connectivity index (χ4n) is 0.298. The van der Waals surface area contributed by atoms with Crippen LogP contribution >= 0.6 is 7.60 Å². The molecule has 0 radical (unpaired) electrons. The van der Waals surface area contributed by atoms with Gasteiger partial charge in [0.05, 0.1) is 12.8 Å². The Labute approximate surface area is 54.3 Å². The first-order valence-corrected chi connectivity index (χ1v) is 4.25. The molecule has 0 spiro atoms. The van der Waals surface area contributed by atoms with Gasteiger partial charge in [-0.05, 0) is 0 Å². The first-order chi connectivity index (χ1) is 4.12. The Balaban J connectivity index is 3.46. The lowest BCUT2D eigenvalue weighted by molar-refractivity contribution is 0.207. The highest BCUT2D eigenvalue weighted by Gasteiger charge is 2.15. The van der Waals surface area contributed by atoms with Crippen LogP contribution in [-0.2, 0) is 13.8 Å². The number of methoxy groups -OCH3 is 1. The summed E-state index contributed by atoms with van der Waals surface area (Å²) >= 11 is 0. The van der Waals surface area contributed by atoms with Crippen molar-refractivity contribution in [2.24, 2.45) is 0 Å². The molecule has 9 heavy (non-hydrogen) atoms. The van der Waals surface area contributed by atoms with Gasteiger partial charge in [0, 0.05) is 14.2 Å². The van der Waals surface area contributed by atoms with Gasteiger partial charge in [-0.2, -0.15) is 0 Å². The molecular weight excluding hydrogens is 143 g/mol. The average Bonchev–Trinajstić information content (AvgIpc) is 1.84. The predicted octanol–water partition coefficient (Wildman–Crippen LogP) is 0.465. The van der Waals surface area contributed by atoms with Crippen LogP contribution in [0, 0.1) is 0 Å². The summed E-state index contributed by atoms with van der Waals surface area (Å²) in [6.07, 6.45) is 0.0556. The van der Waals surface area contributed by atoms with Crippen LogP contribution in [0.4, 0.5) is 0 Å². The predicted molar refractivity (Wildman–Crippen MR) is 33.6 cm³/mol. The number of hydrogen-bond acceptors (Lipinski definition) is 3. The van der Waals surface area contributed by atoms with E-state index in [1.165, 1.54) is 14.2 Å². The van der Waals surface area contributed by atoms with Gasteiger partial charge >= 0.3 is 7.60 Å². The van der Waals surface area contributed by atoms with Gasteiger partial charge in [-0.3, -0.25) is 4.57 Å². The van der Waals surface area contributed by atoms with Crippen molar-refractivity contribution in [3.63, 3.8) is 0 Å². The van der Waals surface area contributed by atoms with Crippen LogP contribution in [0.3, 0.4) is 0 Å². The summed E-state index contributed by atoms with van der Waals surface area (Å²) in [7, 11) is -0.642. The minimum atomic E-state index is -3.31. The molecule has 1 unspecified atom stereocenters. The molecule has 0 aromatic heterocycles. The zero-order valence-electron chi connectivity index (χ0n) is 5.53. The second-order valence-electron chi connectivity index (χ2n) is 1.54. The third-order valence-corrected chi connectivity index (χ3v) is 2.18. The lowest BCUT2D eigenvalue weighted by atomic mass is 10.9. The molecule has 1 atom stereocenters. The molecule has 4 nitrogen and oxygen atoms in total. The highest BCUT2D eigenvalue weighted by atomic mass is 31.2. The molecule has 0 saturated heterocycles. The normalized spacial score (nSPS) is 17.2. The maximum atomic E-state index is 10.6. The molecule has 0 heterocycles. The minimum Gasteiger partial charge on any atom is -0.384 e. The molecule has 0 saturated carbocycles. The van der Waals surface area contributed by atoms with Crippen LogP contribution < -0.4 is 0 Å². The topological polar surface area (TPSA) is 55.8 Å². The number of rotatable bonds is 4. The van der Waals surface area contributed by atoms with E-state index in [1.54, 1.807) is 0 Å². The molecule has 1 N–H and O–H groups in total. The summed E-state index contributed by atoms with van der Waals surface area (Å²) in [5, 5.41) is 0. The van der Waals surface area contributed by atoms with E-state index in [2.05, 4.69) is 9.26 Å². The van der Waals surface area contributed by atoms with Crippen LogP contribution in [-0.4, -0.2) is 31.9 Å². The minimum absolute atomic E-state index is 0.0556. The van der Waals surface area contributed by atoms with Crippen LogP contribution in [0.25, 0.3) is 0 Å². The Morgan fingerprint density at radius 1 is 1.56 bits per heavy atom. The van der Waals surface area contributed by atoms with E-state index >= 15 is 0 Å². The quantitative estimate of drug-likeness (QED) is 0.598. The first kappa shape index (κ1) is 9.11. The van der Waals surface area contributed by atoms with Gasteiger partial charge in [0.25, 0.3) is 0 Å². The summed E-state index contributed by atoms with van der Waals surface area (Å²) in [4.78, 5) is 8.71. The van der Waals surface area contributed by atoms with Crippen molar-refractivity contribution in [1.82, 2.24) is 0 Å². The van der Waals surface area contributed by atoms with Gasteiger partial charge in [-0.25, -0.2) is 0 Å². The van der Waals surface area contributed by atoms with Crippen molar-refractivity contribution in [1.29, 1.82) is 0 Å². The van der Waals surface area contributed by atoms with Crippen molar-refractivity contribution >= 4 is 7.60 Å². The largest absolute Gasteiger partial charge is 0.384 e. The van der Waals surface area contributed by atoms with Gasteiger partial charge in [-0.15, -0.1) is 0 Å². The fourth-order valence-corrected chi connectivity index (χ4v) is 0.894. The zero-order valence-corrected chi connectivity index (χ0v) is 6.43. The number of hydrogen-bond donors (Lipinski definition) is 1. The second kappa shape index (κ2) is 4.01.